The number of carbonyl (C=O) groups excluding carboxylic acids is 2. The summed E-state index contributed by atoms with van der Waals surface area (Å²) in [5.74, 6) is -0.544. The minimum absolute atomic E-state index is 0.113. The van der Waals surface area contributed by atoms with Crippen molar-refractivity contribution in [3.05, 3.63) is 59.1 Å². The van der Waals surface area contributed by atoms with Crippen LogP contribution < -0.4 is 15.1 Å². The lowest BCUT2D eigenvalue weighted by atomic mass is 10.1. The molecule has 2 N–H and O–H groups in total. The van der Waals surface area contributed by atoms with E-state index in [9.17, 15) is 9.59 Å². The molecule has 0 bridgehead atoms. The highest BCUT2D eigenvalue weighted by Gasteiger charge is 2.24. The molecule has 1 aliphatic heterocycles. The zero-order valence-electron chi connectivity index (χ0n) is 15.9. The average molecular weight is 403 g/mol. The highest BCUT2D eigenvalue weighted by atomic mass is 35.5. The monoisotopic (exact) mass is 402 g/mol. The second-order valence-electron chi connectivity index (χ2n) is 6.68. The molecule has 0 saturated carbocycles. The Hall–Kier alpha value is -2.57. The van der Waals surface area contributed by atoms with Crippen molar-refractivity contribution in [2.45, 2.75) is 6.92 Å². The molecule has 2 aromatic carbocycles. The number of benzene rings is 2. The molecule has 0 radical (unpaired) electrons. The maximum Gasteiger partial charge on any atom is 0.340 e. The van der Waals surface area contributed by atoms with E-state index in [2.05, 4.69) is 10.2 Å². The zero-order chi connectivity index (χ0) is 19.9. The number of hydrogen-bond donors (Lipinski definition) is 2. The third-order valence-electron chi connectivity index (χ3n) is 4.77. The number of hydrogen-bond acceptors (Lipinski definition) is 4. The number of nitrogens with zero attached hydrogens (tertiary/aromatic N) is 1. The van der Waals surface area contributed by atoms with Crippen molar-refractivity contribution in [2.75, 3.05) is 49.5 Å². The Bertz CT molecular complexity index is 835. The minimum atomic E-state index is -0.431. The summed E-state index contributed by atoms with van der Waals surface area (Å²) in [5.41, 5.74) is 1.90. The van der Waals surface area contributed by atoms with Gasteiger partial charge in [-0.2, -0.15) is 0 Å². The summed E-state index contributed by atoms with van der Waals surface area (Å²) in [6.07, 6.45) is 0. The number of nitrogens with one attached hydrogen (secondary N) is 2. The average Bonchev–Trinajstić information content (AvgIpc) is 2.69. The molecule has 0 atom stereocenters. The Morgan fingerprint density at radius 3 is 2.50 bits per heavy atom. The summed E-state index contributed by atoms with van der Waals surface area (Å²) in [5, 5.41) is 3.60. The van der Waals surface area contributed by atoms with E-state index < -0.39 is 5.97 Å². The van der Waals surface area contributed by atoms with Crippen molar-refractivity contribution < 1.29 is 19.2 Å². The Kier molecular flexibility index (Phi) is 6.90. The van der Waals surface area contributed by atoms with Crippen molar-refractivity contribution >= 4 is 34.9 Å². The summed E-state index contributed by atoms with van der Waals surface area (Å²) in [4.78, 5) is 28.0. The summed E-state index contributed by atoms with van der Waals surface area (Å²) in [7, 11) is 0. The van der Waals surface area contributed by atoms with E-state index in [4.69, 9.17) is 16.3 Å². The highest BCUT2D eigenvalue weighted by Crippen LogP contribution is 2.24. The van der Waals surface area contributed by atoms with Gasteiger partial charge in [0.15, 0.2) is 6.54 Å². The van der Waals surface area contributed by atoms with E-state index in [0.717, 1.165) is 36.9 Å². The van der Waals surface area contributed by atoms with Crippen LogP contribution in [0.1, 0.15) is 17.3 Å². The van der Waals surface area contributed by atoms with Crippen molar-refractivity contribution in [2.24, 2.45) is 0 Å². The number of piperazine rings is 1. The molecule has 1 aliphatic rings. The second-order valence-corrected chi connectivity index (χ2v) is 7.09. The maximum atomic E-state index is 12.5. The minimum Gasteiger partial charge on any atom is -0.462 e. The second kappa shape index (κ2) is 9.57. The molecule has 1 fully saturated rings. The molecule has 3 rings (SSSR count). The summed E-state index contributed by atoms with van der Waals surface area (Å²) >= 11 is 6.28. The molecular weight excluding hydrogens is 378 g/mol. The van der Waals surface area contributed by atoms with Crippen molar-refractivity contribution in [1.29, 1.82) is 0 Å². The topological polar surface area (TPSA) is 63.1 Å². The van der Waals surface area contributed by atoms with Gasteiger partial charge in [0, 0.05) is 0 Å². The Balaban J connectivity index is 1.54. The number of halogens is 1. The Morgan fingerprint density at radius 2 is 1.79 bits per heavy atom. The molecule has 0 aromatic heterocycles. The van der Waals surface area contributed by atoms with Gasteiger partial charge in [-0.3, -0.25) is 4.79 Å². The van der Waals surface area contributed by atoms with E-state index in [-0.39, 0.29) is 5.91 Å². The van der Waals surface area contributed by atoms with Gasteiger partial charge in [0.05, 0.1) is 54.7 Å². The lowest BCUT2D eigenvalue weighted by Crippen LogP contribution is -3.15. The fourth-order valence-corrected chi connectivity index (χ4v) is 3.60. The highest BCUT2D eigenvalue weighted by molar-refractivity contribution is 6.33. The van der Waals surface area contributed by atoms with Crippen LogP contribution in [-0.4, -0.2) is 51.2 Å². The summed E-state index contributed by atoms with van der Waals surface area (Å²) in [6, 6.07) is 14.7. The Labute approximate surface area is 170 Å². The van der Waals surface area contributed by atoms with Crippen LogP contribution in [0.2, 0.25) is 5.02 Å². The van der Waals surface area contributed by atoms with Crippen LogP contribution >= 0.6 is 11.6 Å². The Morgan fingerprint density at radius 1 is 1.11 bits per heavy atom. The summed E-state index contributed by atoms with van der Waals surface area (Å²) < 4.78 is 5.05. The molecule has 6 nitrogen and oxygen atoms in total. The first-order valence-electron chi connectivity index (χ1n) is 9.47. The lowest BCUT2D eigenvalue weighted by molar-refractivity contribution is -0.892. The number of quaternary nitrogens is 1. The SMILES string of the molecule is CCOC(=O)c1ccccc1NC(=O)C[NH+]1CCN(c2ccccc2Cl)CC1. The molecule has 1 saturated heterocycles. The van der Waals surface area contributed by atoms with Gasteiger partial charge in [-0.05, 0) is 31.2 Å². The fraction of sp³-hybridized carbons (Fsp3) is 0.333. The number of anilines is 2. The normalized spacial score (nSPS) is 14.6. The first-order valence-corrected chi connectivity index (χ1v) is 9.85. The molecule has 0 unspecified atom stereocenters. The van der Waals surface area contributed by atoms with Crippen LogP contribution in [0.3, 0.4) is 0 Å². The van der Waals surface area contributed by atoms with Gasteiger partial charge in [0.25, 0.3) is 5.91 Å². The van der Waals surface area contributed by atoms with Gasteiger partial charge in [-0.15, -0.1) is 0 Å². The van der Waals surface area contributed by atoms with Crippen molar-refractivity contribution in [3.8, 4) is 0 Å². The molecule has 28 heavy (non-hydrogen) atoms. The zero-order valence-corrected chi connectivity index (χ0v) is 16.7. The standard InChI is InChI=1S/C21H24ClN3O3/c1-2-28-21(27)16-7-3-5-9-18(16)23-20(26)15-24-11-13-25(14-12-24)19-10-6-4-8-17(19)22/h3-10H,2,11-15H2,1H3,(H,23,26)/p+1. The van der Waals surface area contributed by atoms with E-state index in [1.54, 1.807) is 31.2 Å². The first kappa shape index (κ1) is 20.2. The van der Waals surface area contributed by atoms with Crippen LogP contribution in [0.5, 0.6) is 0 Å². The van der Waals surface area contributed by atoms with Crippen LogP contribution in [0.25, 0.3) is 0 Å². The number of para-hydroxylation sites is 2. The van der Waals surface area contributed by atoms with Crippen molar-refractivity contribution in [1.82, 2.24) is 0 Å². The number of carbonyl (C=O) groups is 2. The largest absolute Gasteiger partial charge is 0.462 e. The molecule has 0 aliphatic carbocycles. The quantitative estimate of drug-likeness (QED) is 0.724. The van der Waals surface area contributed by atoms with Crippen LogP contribution in [0.15, 0.2) is 48.5 Å². The fourth-order valence-electron chi connectivity index (χ4n) is 3.35. The molecule has 2 aromatic rings. The third kappa shape index (κ3) is 5.03. The molecule has 1 amide bonds. The van der Waals surface area contributed by atoms with Gasteiger partial charge in [-0.25, -0.2) is 4.79 Å². The van der Waals surface area contributed by atoms with E-state index in [1.165, 1.54) is 4.90 Å². The van der Waals surface area contributed by atoms with E-state index in [1.807, 2.05) is 24.3 Å². The molecule has 0 spiro atoms. The maximum absolute atomic E-state index is 12.5. The van der Waals surface area contributed by atoms with Gasteiger partial charge in [0.2, 0.25) is 0 Å². The predicted molar refractivity (Wildman–Crippen MR) is 110 cm³/mol. The lowest BCUT2D eigenvalue weighted by Gasteiger charge is -2.33. The van der Waals surface area contributed by atoms with E-state index in [0.29, 0.717) is 24.4 Å². The number of esters is 1. The molecule has 7 heteroatoms. The van der Waals surface area contributed by atoms with Crippen molar-refractivity contribution in [3.63, 3.8) is 0 Å². The third-order valence-corrected chi connectivity index (χ3v) is 5.09. The van der Waals surface area contributed by atoms with Gasteiger partial charge in [0.1, 0.15) is 0 Å². The number of amides is 1. The van der Waals surface area contributed by atoms with Gasteiger partial charge in [-0.1, -0.05) is 35.9 Å². The smallest absolute Gasteiger partial charge is 0.340 e. The van der Waals surface area contributed by atoms with Gasteiger partial charge >= 0.3 is 5.97 Å². The van der Waals surface area contributed by atoms with Crippen LogP contribution in [-0.2, 0) is 9.53 Å². The molecular formula is C21H25ClN3O3+. The number of ether oxygens (including phenoxy) is 1. The number of rotatable bonds is 6. The van der Waals surface area contributed by atoms with Crippen LogP contribution in [0, 0.1) is 0 Å². The van der Waals surface area contributed by atoms with Gasteiger partial charge < -0.3 is 19.9 Å². The molecule has 1 heterocycles. The first-order chi connectivity index (χ1) is 13.6. The predicted octanol–water partition coefficient (Wildman–Crippen LogP) is 1.86. The van der Waals surface area contributed by atoms with E-state index >= 15 is 0 Å². The molecule has 148 valence electrons. The summed E-state index contributed by atoms with van der Waals surface area (Å²) in [6.45, 7) is 5.77. The van der Waals surface area contributed by atoms with Crippen LogP contribution in [0.4, 0.5) is 11.4 Å².